The third kappa shape index (κ3) is 5.07. The second-order valence-corrected chi connectivity index (χ2v) is 8.94. The third-order valence-electron chi connectivity index (χ3n) is 4.36. The number of rotatable bonds is 5. The van der Waals surface area contributed by atoms with Crippen molar-refractivity contribution >= 4 is 33.4 Å². The fourth-order valence-corrected chi connectivity index (χ4v) is 4.81. The number of hydrogen-bond acceptors (Lipinski definition) is 3. The highest BCUT2D eigenvalue weighted by Gasteiger charge is 2.34. The van der Waals surface area contributed by atoms with E-state index in [4.69, 9.17) is 11.6 Å². The molecule has 8 heteroatoms. The zero-order valence-electron chi connectivity index (χ0n) is 15.1. The van der Waals surface area contributed by atoms with Crippen LogP contribution in [-0.4, -0.2) is 42.6 Å². The van der Waals surface area contributed by atoms with Crippen LogP contribution in [0.25, 0.3) is 0 Å². The molecule has 0 bridgehead atoms. The van der Waals surface area contributed by atoms with Gasteiger partial charge in [0, 0.05) is 30.3 Å². The smallest absolute Gasteiger partial charge is 0.282 e. The van der Waals surface area contributed by atoms with E-state index in [1.807, 2.05) is 31.2 Å². The first-order valence-electron chi connectivity index (χ1n) is 8.71. The Kier molecular flexibility index (Phi) is 6.16. The highest BCUT2D eigenvalue weighted by Crippen LogP contribution is 2.20. The standard InChI is InChI=1S/C19H22ClN3O3S/c1-15-4-2-5-16(12-15)13-22-10-3-11-23(27(22,25)26)14-19(24)21-18-8-6-17(20)7-9-18/h2,4-9,12H,3,10-11,13-14H2,1H3,(H,21,24). The molecule has 0 aromatic heterocycles. The van der Waals surface area contributed by atoms with E-state index in [0.717, 1.165) is 11.1 Å². The molecule has 0 aliphatic carbocycles. The average Bonchev–Trinajstić information content (AvgIpc) is 2.61. The fourth-order valence-electron chi connectivity index (χ4n) is 3.05. The maximum absolute atomic E-state index is 12.9. The molecule has 3 rings (SSSR count). The number of hydrogen-bond donors (Lipinski definition) is 1. The molecule has 0 unspecified atom stereocenters. The summed E-state index contributed by atoms with van der Waals surface area (Å²) in [4.78, 5) is 12.3. The zero-order valence-corrected chi connectivity index (χ0v) is 16.6. The van der Waals surface area contributed by atoms with E-state index in [2.05, 4.69) is 5.32 Å². The summed E-state index contributed by atoms with van der Waals surface area (Å²) in [5.41, 5.74) is 2.60. The molecular formula is C19H22ClN3O3S. The second-order valence-electron chi connectivity index (χ2n) is 6.57. The molecule has 144 valence electrons. The van der Waals surface area contributed by atoms with Gasteiger partial charge in [-0.05, 0) is 43.2 Å². The van der Waals surface area contributed by atoms with Gasteiger partial charge in [-0.25, -0.2) is 0 Å². The number of nitrogens with one attached hydrogen (secondary N) is 1. The van der Waals surface area contributed by atoms with Crippen LogP contribution in [0.15, 0.2) is 48.5 Å². The first-order valence-corrected chi connectivity index (χ1v) is 10.5. The Morgan fingerprint density at radius 2 is 1.81 bits per heavy atom. The summed E-state index contributed by atoms with van der Waals surface area (Å²) in [5, 5.41) is 3.27. The summed E-state index contributed by atoms with van der Waals surface area (Å²) in [5.74, 6) is -0.377. The topological polar surface area (TPSA) is 69.7 Å². The maximum Gasteiger partial charge on any atom is 0.282 e. The highest BCUT2D eigenvalue weighted by atomic mass is 35.5. The Labute approximate surface area is 164 Å². The molecule has 0 radical (unpaired) electrons. The summed E-state index contributed by atoms with van der Waals surface area (Å²) in [6, 6.07) is 14.5. The molecule has 0 atom stereocenters. The first-order chi connectivity index (χ1) is 12.8. The van der Waals surface area contributed by atoms with Gasteiger partial charge in [0.25, 0.3) is 10.2 Å². The van der Waals surface area contributed by atoms with Gasteiger partial charge in [-0.15, -0.1) is 0 Å². The van der Waals surface area contributed by atoms with Crippen LogP contribution < -0.4 is 5.32 Å². The summed E-state index contributed by atoms with van der Waals surface area (Å²) < 4.78 is 28.4. The van der Waals surface area contributed by atoms with Gasteiger partial charge in [-0.2, -0.15) is 17.0 Å². The van der Waals surface area contributed by atoms with E-state index >= 15 is 0 Å². The lowest BCUT2D eigenvalue weighted by atomic mass is 10.1. The van der Waals surface area contributed by atoms with E-state index in [-0.39, 0.29) is 12.5 Å². The number of anilines is 1. The van der Waals surface area contributed by atoms with Crippen LogP contribution in [0.1, 0.15) is 17.5 Å². The minimum Gasteiger partial charge on any atom is -0.325 e. The summed E-state index contributed by atoms with van der Waals surface area (Å²) in [7, 11) is -3.68. The SMILES string of the molecule is Cc1cccc(CN2CCCN(CC(=O)Nc3ccc(Cl)cc3)S2(=O)=O)c1. The van der Waals surface area contributed by atoms with Crippen LogP contribution >= 0.6 is 11.6 Å². The number of halogens is 1. The maximum atomic E-state index is 12.9. The van der Waals surface area contributed by atoms with E-state index < -0.39 is 10.2 Å². The van der Waals surface area contributed by atoms with Crippen molar-refractivity contribution in [2.75, 3.05) is 25.0 Å². The van der Waals surface area contributed by atoms with Gasteiger partial charge in [-0.3, -0.25) is 4.79 Å². The molecule has 1 saturated heterocycles. The molecule has 1 N–H and O–H groups in total. The van der Waals surface area contributed by atoms with Crippen molar-refractivity contribution in [1.29, 1.82) is 0 Å². The van der Waals surface area contributed by atoms with Crippen molar-refractivity contribution in [2.24, 2.45) is 0 Å². The number of nitrogens with zero attached hydrogens (tertiary/aromatic N) is 2. The monoisotopic (exact) mass is 407 g/mol. The Hall–Kier alpha value is -1.93. The van der Waals surface area contributed by atoms with E-state index in [1.54, 1.807) is 24.3 Å². The van der Waals surface area contributed by atoms with Crippen molar-refractivity contribution < 1.29 is 13.2 Å². The van der Waals surface area contributed by atoms with Gasteiger partial charge >= 0.3 is 0 Å². The minimum absolute atomic E-state index is 0.213. The molecule has 6 nitrogen and oxygen atoms in total. The lowest BCUT2D eigenvalue weighted by Crippen LogP contribution is -2.51. The van der Waals surface area contributed by atoms with Gasteiger partial charge < -0.3 is 5.32 Å². The molecule has 1 aliphatic rings. The summed E-state index contributed by atoms with van der Waals surface area (Å²) in [6.45, 7) is 2.85. The Bertz CT molecular complexity index is 916. The quantitative estimate of drug-likeness (QED) is 0.828. The van der Waals surface area contributed by atoms with Crippen molar-refractivity contribution in [1.82, 2.24) is 8.61 Å². The van der Waals surface area contributed by atoms with E-state index in [1.165, 1.54) is 8.61 Å². The molecule has 0 saturated carbocycles. The Balaban J connectivity index is 1.66. The molecule has 1 aliphatic heterocycles. The van der Waals surface area contributed by atoms with E-state index in [9.17, 15) is 13.2 Å². The summed E-state index contributed by atoms with van der Waals surface area (Å²) in [6.07, 6.45) is 0.680. The molecule has 2 aromatic carbocycles. The third-order valence-corrected chi connectivity index (χ3v) is 6.54. The first kappa shape index (κ1) is 19.8. The number of carbonyl (C=O) groups is 1. The second kappa shape index (κ2) is 8.39. The van der Waals surface area contributed by atoms with Crippen molar-refractivity contribution in [2.45, 2.75) is 19.9 Å². The van der Waals surface area contributed by atoms with Crippen LogP contribution in [0.3, 0.4) is 0 Å². The predicted octanol–water partition coefficient (Wildman–Crippen LogP) is 3.04. The Morgan fingerprint density at radius 1 is 1.11 bits per heavy atom. The van der Waals surface area contributed by atoms with Crippen LogP contribution in [0.5, 0.6) is 0 Å². The predicted molar refractivity (Wildman–Crippen MR) is 107 cm³/mol. The van der Waals surface area contributed by atoms with Crippen LogP contribution in [0, 0.1) is 6.92 Å². The van der Waals surface area contributed by atoms with Crippen LogP contribution in [0.4, 0.5) is 5.69 Å². The van der Waals surface area contributed by atoms with Crippen molar-refractivity contribution in [3.05, 3.63) is 64.7 Å². The zero-order chi connectivity index (χ0) is 19.4. The Morgan fingerprint density at radius 3 is 2.52 bits per heavy atom. The molecule has 1 fully saturated rings. The van der Waals surface area contributed by atoms with Gasteiger partial charge in [0.05, 0.1) is 6.54 Å². The van der Waals surface area contributed by atoms with Crippen LogP contribution in [-0.2, 0) is 21.5 Å². The molecule has 1 amide bonds. The van der Waals surface area contributed by atoms with Gasteiger partial charge in [0.2, 0.25) is 5.91 Å². The molecule has 1 heterocycles. The molecule has 0 spiro atoms. The fraction of sp³-hybridized carbons (Fsp3) is 0.316. The van der Waals surface area contributed by atoms with Gasteiger partial charge in [0.15, 0.2) is 0 Å². The lowest BCUT2D eigenvalue weighted by Gasteiger charge is -2.34. The molecular weight excluding hydrogens is 386 g/mol. The molecule has 27 heavy (non-hydrogen) atoms. The van der Waals surface area contributed by atoms with Gasteiger partial charge in [-0.1, -0.05) is 41.4 Å². The number of aryl methyl sites for hydroxylation is 1. The van der Waals surface area contributed by atoms with Crippen LogP contribution in [0.2, 0.25) is 5.02 Å². The molecule has 2 aromatic rings. The number of carbonyl (C=O) groups excluding carboxylic acids is 1. The van der Waals surface area contributed by atoms with Gasteiger partial charge in [0.1, 0.15) is 0 Å². The van der Waals surface area contributed by atoms with Crippen molar-refractivity contribution in [3.63, 3.8) is 0 Å². The number of amides is 1. The van der Waals surface area contributed by atoms with Crippen molar-refractivity contribution in [3.8, 4) is 0 Å². The largest absolute Gasteiger partial charge is 0.325 e. The summed E-state index contributed by atoms with van der Waals surface area (Å²) >= 11 is 5.83. The van der Waals surface area contributed by atoms with E-state index in [0.29, 0.717) is 36.8 Å². The number of benzene rings is 2. The normalized spacial score (nSPS) is 17.6. The average molecular weight is 408 g/mol. The lowest BCUT2D eigenvalue weighted by molar-refractivity contribution is -0.116. The minimum atomic E-state index is -3.68. The highest BCUT2D eigenvalue weighted by molar-refractivity contribution is 7.86.